The van der Waals surface area contributed by atoms with Crippen molar-refractivity contribution in [1.29, 1.82) is 0 Å². The summed E-state index contributed by atoms with van der Waals surface area (Å²) < 4.78 is 94.4. The second-order valence-electron chi connectivity index (χ2n) is 8.46. The van der Waals surface area contributed by atoms with Gasteiger partial charge in [-0.05, 0) is 48.4 Å². The lowest BCUT2D eigenvalue weighted by Crippen LogP contribution is -2.32. The Morgan fingerprint density at radius 3 is 2.32 bits per heavy atom. The third-order valence-electron chi connectivity index (χ3n) is 5.45. The van der Waals surface area contributed by atoms with Crippen molar-refractivity contribution in [2.45, 2.75) is 31.7 Å². The maximum Gasteiger partial charge on any atom is 0.418 e. The van der Waals surface area contributed by atoms with Crippen LogP contribution >= 0.6 is 0 Å². The molecular formula is C28H21F7N4O2. The molecule has 0 aliphatic carbocycles. The number of pyridine rings is 2. The van der Waals surface area contributed by atoms with E-state index in [2.05, 4.69) is 32.4 Å². The van der Waals surface area contributed by atoms with Gasteiger partial charge in [0.25, 0.3) is 0 Å². The van der Waals surface area contributed by atoms with Gasteiger partial charge in [0.2, 0.25) is 11.8 Å². The number of halogens is 7. The van der Waals surface area contributed by atoms with Gasteiger partial charge < -0.3 is 10.6 Å². The number of carbonyl (C=O) groups excluding carboxylic acids is 2. The van der Waals surface area contributed by atoms with Crippen LogP contribution in [0, 0.1) is 17.7 Å². The molecule has 3 aromatic rings. The summed E-state index contributed by atoms with van der Waals surface area (Å²) in [4.78, 5) is 32.1. The maximum atomic E-state index is 13.8. The van der Waals surface area contributed by atoms with Crippen LogP contribution in [0.2, 0.25) is 0 Å². The minimum atomic E-state index is -5.29. The van der Waals surface area contributed by atoms with Crippen LogP contribution in [0.4, 0.5) is 30.7 Å². The van der Waals surface area contributed by atoms with E-state index in [1.54, 1.807) is 19.1 Å². The van der Waals surface area contributed by atoms with Crippen molar-refractivity contribution < 1.29 is 40.3 Å². The van der Waals surface area contributed by atoms with E-state index in [4.69, 9.17) is 0 Å². The molecule has 2 heterocycles. The SMILES string of the molecule is C/C=C/C(=O)NCc1cncc(C#CCNC(=O)C(c2ccc(F)cc2)c2ncc(C(F)(F)F)cc2C(F)(F)F)c1. The number of allylic oxidation sites excluding steroid dienone is 1. The van der Waals surface area contributed by atoms with E-state index in [0.29, 0.717) is 11.1 Å². The molecule has 1 aromatic carbocycles. The van der Waals surface area contributed by atoms with E-state index < -0.39 is 46.8 Å². The Hall–Kier alpha value is -4.73. The Morgan fingerprint density at radius 1 is 0.976 bits per heavy atom. The van der Waals surface area contributed by atoms with Crippen molar-refractivity contribution in [3.63, 3.8) is 0 Å². The van der Waals surface area contributed by atoms with Gasteiger partial charge >= 0.3 is 12.4 Å². The number of nitrogens with one attached hydrogen (secondary N) is 2. The summed E-state index contributed by atoms with van der Waals surface area (Å²) in [5, 5.41) is 4.98. The standard InChI is InChI=1S/C28H21F7N4O2/c1-2-4-23(40)38-15-18-11-17(13-36-14-18)5-3-10-37-26(41)24(19-6-8-21(29)9-7-19)25-22(28(33,34)35)12-20(16-39-25)27(30,31)32/h2,4,6-9,11-14,16,24H,10,15H2,1H3,(H,37,41)(H,38,40)/b4-2+. The van der Waals surface area contributed by atoms with Gasteiger partial charge in [-0.2, -0.15) is 26.3 Å². The first-order valence-corrected chi connectivity index (χ1v) is 11.8. The highest BCUT2D eigenvalue weighted by Crippen LogP contribution is 2.40. The van der Waals surface area contributed by atoms with Gasteiger partial charge in [0.15, 0.2) is 0 Å². The van der Waals surface area contributed by atoms with Gasteiger partial charge in [-0.25, -0.2) is 4.39 Å². The molecule has 41 heavy (non-hydrogen) atoms. The van der Waals surface area contributed by atoms with Crippen LogP contribution in [0.5, 0.6) is 0 Å². The molecule has 0 saturated heterocycles. The Labute approximate surface area is 229 Å². The van der Waals surface area contributed by atoms with Gasteiger partial charge in [-0.3, -0.25) is 19.6 Å². The fourth-order valence-electron chi connectivity index (χ4n) is 3.61. The summed E-state index contributed by atoms with van der Waals surface area (Å²) >= 11 is 0. The van der Waals surface area contributed by atoms with Crippen LogP contribution in [0.3, 0.4) is 0 Å². The van der Waals surface area contributed by atoms with E-state index >= 15 is 0 Å². The second kappa shape index (κ2) is 13.1. The van der Waals surface area contributed by atoms with Crippen LogP contribution in [0.1, 0.15) is 46.4 Å². The molecule has 0 bridgehead atoms. The molecule has 0 fully saturated rings. The van der Waals surface area contributed by atoms with Crippen molar-refractivity contribution in [3.05, 3.63) is 106 Å². The Bertz CT molecular complexity index is 1490. The zero-order valence-corrected chi connectivity index (χ0v) is 21.2. The quantitative estimate of drug-likeness (QED) is 0.231. The number of nitrogens with zero attached hydrogens (tertiary/aromatic N) is 2. The van der Waals surface area contributed by atoms with Crippen LogP contribution in [-0.4, -0.2) is 28.3 Å². The van der Waals surface area contributed by atoms with Gasteiger partial charge in [0.05, 0.1) is 23.4 Å². The topological polar surface area (TPSA) is 84.0 Å². The van der Waals surface area contributed by atoms with E-state index in [9.17, 15) is 40.3 Å². The van der Waals surface area contributed by atoms with Crippen LogP contribution in [-0.2, 0) is 28.5 Å². The largest absolute Gasteiger partial charge is 0.418 e. The predicted octanol–water partition coefficient (Wildman–Crippen LogP) is 5.15. The number of rotatable bonds is 7. The van der Waals surface area contributed by atoms with Crippen LogP contribution in [0.25, 0.3) is 0 Å². The van der Waals surface area contributed by atoms with E-state index in [-0.39, 0.29) is 36.8 Å². The lowest BCUT2D eigenvalue weighted by Gasteiger charge is -2.21. The van der Waals surface area contributed by atoms with Crippen molar-refractivity contribution in [2.24, 2.45) is 0 Å². The highest BCUT2D eigenvalue weighted by molar-refractivity contribution is 5.87. The van der Waals surface area contributed by atoms with Gasteiger partial charge in [-0.15, -0.1) is 0 Å². The molecule has 3 rings (SSSR count). The van der Waals surface area contributed by atoms with Crippen LogP contribution in [0.15, 0.2) is 67.1 Å². The summed E-state index contributed by atoms with van der Waals surface area (Å²) in [6.45, 7) is 1.50. The number of hydrogen-bond acceptors (Lipinski definition) is 4. The van der Waals surface area contributed by atoms with E-state index in [1.165, 1.54) is 18.5 Å². The molecule has 2 N–H and O–H groups in total. The fourth-order valence-corrected chi connectivity index (χ4v) is 3.61. The molecule has 0 spiro atoms. The molecule has 0 saturated carbocycles. The molecule has 214 valence electrons. The molecule has 2 amide bonds. The fraction of sp³-hybridized carbons (Fsp3) is 0.214. The lowest BCUT2D eigenvalue weighted by molar-refractivity contribution is -0.144. The molecule has 13 heteroatoms. The Kier molecular flexibility index (Phi) is 9.83. The first kappa shape index (κ1) is 30.8. The van der Waals surface area contributed by atoms with Gasteiger partial charge in [0.1, 0.15) is 11.7 Å². The third-order valence-corrected chi connectivity index (χ3v) is 5.45. The monoisotopic (exact) mass is 578 g/mol. The number of benzene rings is 1. The molecular weight excluding hydrogens is 557 g/mol. The number of amides is 2. The first-order chi connectivity index (χ1) is 19.3. The molecule has 2 aromatic heterocycles. The van der Waals surface area contributed by atoms with Gasteiger partial charge in [-0.1, -0.05) is 30.0 Å². The first-order valence-electron chi connectivity index (χ1n) is 11.8. The van der Waals surface area contributed by atoms with Crippen molar-refractivity contribution in [1.82, 2.24) is 20.6 Å². The second-order valence-corrected chi connectivity index (χ2v) is 8.46. The van der Waals surface area contributed by atoms with Crippen LogP contribution < -0.4 is 10.6 Å². The maximum absolute atomic E-state index is 13.8. The molecule has 1 atom stereocenters. The highest BCUT2D eigenvalue weighted by Gasteiger charge is 2.42. The summed E-state index contributed by atoms with van der Waals surface area (Å²) in [6.07, 6.45) is -4.36. The molecule has 0 aliphatic rings. The van der Waals surface area contributed by atoms with E-state index in [1.807, 2.05) is 0 Å². The highest BCUT2D eigenvalue weighted by atomic mass is 19.4. The summed E-state index contributed by atoms with van der Waals surface area (Å²) in [5.74, 6) is 1.39. The summed E-state index contributed by atoms with van der Waals surface area (Å²) in [5.41, 5.74) is -3.48. The molecule has 0 radical (unpaired) electrons. The number of hydrogen-bond donors (Lipinski definition) is 2. The number of carbonyl (C=O) groups is 2. The number of aromatic nitrogens is 2. The Morgan fingerprint density at radius 2 is 1.68 bits per heavy atom. The van der Waals surface area contributed by atoms with Crippen molar-refractivity contribution in [3.8, 4) is 11.8 Å². The summed E-state index contributed by atoms with van der Waals surface area (Å²) in [6, 6.07) is 5.38. The smallest absolute Gasteiger partial charge is 0.348 e. The predicted molar refractivity (Wildman–Crippen MR) is 133 cm³/mol. The third kappa shape index (κ3) is 8.63. The molecule has 0 aliphatic heterocycles. The van der Waals surface area contributed by atoms with Crippen molar-refractivity contribution >= 4 is 11.8 Å². The zero-order chi connectivity index (χ0) is 30.2. The van der Waals surface area contributed by atoms with Crippen molar-refractivity contribution in [2.75, 3.05) is 6.54 Å². The average molecular weight is 578 g/mol. The molecule has 1 unspecified atom stereocenters. The average Bonchev–Trinajstić information content (AvgIpc) is 2.90. The number of alkyl halides is 6. The Balaban J connectivity index is 1.86. The normalized spacial score (nSPS) is 12.4. The van der Waals surface area contributed by atoms with Gasteiger partial charge in [0, 0.05) is 30.7 Å². The summed E-state index contributed by atoms with van der Waals surface area (Å²) in [7, 11) is 0. The zero-order valence-electron chi connectivity index (χ0n) is 21.2. The lowest BCUT2D eigenvalue weighted by atomic mass is 9.90. The minimum Gasteiger partial charge on any atom is -0.348 e. The minimum absolute atomic E-state index is 0.118. The molecule has 6 nitrogen and oxygen atoms in total. The van der Waals surface area contributed by atoms with E-state index in [0.717, 1.165) is 24.3 Å².